The maximum absolute atomic E-state index is 9.59. The summed E-state index contributed by atoms with van der Waals surface area (Å²) in [4.78, 5) is 14.7. The zero-order chi connectivity index (χ0) is 43.0. The first-order chi connectivity index (χ1) is 29.8. The van der Waals surface area contributed by atoms with Gasteiger partial charge in [0.15, 0.2) is 11.6 Å². The van der Waals surface area contributed by atoms with E-state index in [0.29, 0.717) is 5.56 Å². The molecule has 238 valence electrons. The van der Waals surface area contributed by atoms with Crippen molar-refractivity contribution in [3.8, 4) is 39.9 Å². The van der Waals surface area contributed by atoms with E-state index in [1.165, 1.54) is 0 Å². The van der Waals surface area contributed by atoms with Gasteiger partial charge < -0.3 is 4.42 Å². The Labute approximate surface area is 311 Å². The molecule has 0 aliphatic carbocycles. The lowest BCUT2D eigenvalue weighted by Crippen LogP contribution is -2.06. The minimum atomic E-state index is -0.685. The van der Waals surface area contributed by atoms with Crippen LogP contribution in [0.5, 0.6) is 0 Å². The summed E-state index contributed by atoms with van der Waals surface area (Å²) in [5.41, 5.74) is 0.619. The normalized spacial score (nSPS) is 14.9. The number of thiophene rings is 1. The highest BCUT2D eigenvalue weighted by Gasteiger charge is 2.20. The number of furan rings is 1. The fraction of sp³-hybridized carbons (Fsp3) is 0. The quantitative estimate of drug-likeness (QED) is 0.185. The largest absolute Gasteiger partial charge is 0.456 e. The number of nitrogens with zero attached hydrogens (tertiary/aromatic N) is 4. The third kappa shape index (κ3) is 4.37. The number of hydrogen-bond donors (Lipinski definition) is 0. The first-order valence-corrected chi connectivity index (χ1v) is 16.9. The summed E-state index contributed by atoms with van der Waals surface area (Å²) in [5.74, 6) is 0.294. The van der Waals surface area contributed by atoms with Gasteiger partial charge in [0, 0.05) is 52.8 Å². The molecule has 11 rings (SSSR count). The maximum atomic E-state index is 9.59. The van der Waals surface area contributed by atoms with Gasteiger partial charge in [0.2, 0.25) is 5.95 Å². The van der Waals surface area contributed by atoms with Crippen LogP contribution in [0.15, 0.2) is 162 Å². The molecule has 0 aliphatic rings. The second-order valence-electron chi connectivity index (χ2n) is 12.0. The molecule has 7 aromatic carbocycles. The zero-order valence-electron chi connectivity index (χ0n) is 37.3. The highest BCUT2D eigenvalue weighted by Crippen LogP contribution is 2.41. The van der Waals surface area contributed by atoms with Crippen molar-refractivity contribution in [2.45, 2.75) is 0 Å². The third-order valence-corrected chi connectivity index (χ3v) is 10.2. The molecule has 0 radical (unpaired) electrons. The molecule has 0 saturated carbocycles. The molecule has 0 atom stereocenters. The van der Waals surface area contributed by atoms with Gasteiger partial charge in [-0.3, -0.25) is 4.57 Å². The van der Waals surface area contributed by atoms with Crippen LogP contribution < -0.4 is 0 Å². The van der Waals surface area contributed by atoms with E-state index in [-0.39, 0.29) is 50.7 Å². The van der Waals surface area contributed by atoms with Crippen molar-refractivity contribution < 1.29 is 19.5 Å². The Kier molecular flexibility index (Phi) is 4.19. The predicted molar refractivity (Wildman–Crippen MR) is 211 cm³/mol. The predicted octanol–water partition coefficient (Wildman–Crippen LogP) is 12.2. The second-order valence-corrected chi connectivity index (χ2v) is 13.1. The van der Waals surface area contributed by atoms with Crippen LogP contribution in [-0.2, 0) is 0 Å². The monoisotopic (exact) mass is 681 g/mol. The Bertz CT molecular complexity index is 3760. The van der Waals surface area contributed by atoms with Gasteiger partial charge in [0.25, 0.3) is 0 Å². The van der Waals surface area contributed by atoms with Gasteiger partial charge in [-0.1, -0.05) is 115 Å². The molecule has 0 saturated heterocycles. The van der Waals surface area contributed by atoms with Gasteiger partial charge in [0.1, 0.15) is 11.2 Å². The highest BCUT2D eigenvalue weighted by molar-refractivity contribution is 7.25. The van der Waals surface area contributed by atoms with Gasteiger partial charge in [-0.2, -0.15) is 9.97 Å². The summed E-state index contributed by atoms with van der Waals surface area (Å²) in [6.07, 6.45) is 0. The molecule has 6 heteroatoms. The van der Waals surface area contributed by atoms with Gasteiger partial charge >= 0.3 is 0 Å². The van der Waals surface area contributed by atoms with Crippen molar-refractivity contribution >= 4 is 75.3 Å². The number of rotatable bonds is 4. The number of fused-ring (bicyclic) bond motifs is 9. The van der Waals surface area contributed by atoms with Crippen LogP contribution in [-0.4, -0.2) is 19.5 Å². The van der Waals surface area contributed by atoms with Crippen LogP contribution in [0.2, 0.25) is 0 Å². The number of benzene rings is 7. The molecule has 0 unspecified atom stereocenters. The minimum absolute atomic E-state index is 0.118. The summed E-state index contributed by atoms with van der Waals surface area (Å²) in [6.45, 7) is 0. The molecular formula is C45H26N4OS. The highest BCUT2D eigenvalue weighted by atomic mass is 32.1. The molecule has 0 amide bonds. The maximum Gasteiger partial charge on any atom is 0.238 e. The minimum Gasteiger partial charge on any atom is -0.456 e. The molecule has 0 N–H and O–H groups in total. The van der Waals surface area contributed by atoms with Crippen LogP contribution >= 0.6 is 11.3 Å². The van der Waals surface area contributed by atoms with Gasteiger partial charge in [0.05, 0.1) is 26.1 Å². The Morgan fingerprint density at radius 3 is 2.20 bits per heavy atom. The number of aromatic nitrogens is 4. The lowest BCUT2D eigenvalue weighted by Gasteiger charge is -2.11. The number of para-hydroxylation sites is 1. The van der Waals surface area contributed by atoms with Crippen molar-refractivity contribution in [2.75, 3.05) is 0 Å². The topological polar surface area (TPSA) is 56.7 Å². The van der Waals surface area contributed by atoms with E-state index in [1.807, 2.05) is 71.3 Å². The molecule has 0 fully saturated rings. The van der Waals surface area contributed by atoms with Crippen molar-refractivity contribution in [1.29, 1.82) is 0 Å². The Morgan fingerprint density at radius 1 is 0.529 bits per heavy atom. The summed E-state index contributed by atoms with van der Waals surface area (Å²) < 4.78 is 107. The van der Waals surface area contributed by atoms with E-state index < -0.39 is 72.0 Å². The van der Waals surface area contributed by atoms with E-state index in [4.69, 9.17) is 30.3 Å². The molecular weight excluding hydrogens is 645 g/mol. The second kappa shape index (κ2) is 10.9. The van der Waals surface area contributed by atoms with Crippen molar-refractivity contribution in [1.82, 2.24) is 19.5 Å². The molecule has 51 heavy (non-hydrogen) atoms. The SMILES string of the molecule is [2H]c1c([2H])c([2H])c(-c2c([2H])c([2H])c([2H])c3oc4c([2H])c(-c5nc(-c6ccccc6)nc(-n6c7ccccc7c7cc8c(cc76)sc6ccccc68)n5)c([2H])c([2H])c4c23)c([2H])c1[2H]. The summed E-state index contributed by atoms with van der Waals surface area (Å²) in [5, 5.41) is 3.78. The van der Waals surface area contributed by atoms with Gasteiger partial charge in [-0.25, -0.2) is 4.98 Å². The molecule has 0 aliphatic heterocycles. The van der Waals surface area contributed by atoms with Crippen LogP contribution in [0.4, 0.5) is 0 Å². The average Bonchev–Trinajstić information content (AvgIpc) is 3.97. The van der Waals surface area contributed by atoms with Gasteiger partial charge in [-0.05, 0) is 53.5 Å². The number of hydrogen-bond acceptors (Lipinski definition) is 5. The third-order valence-electron chi connectivity index (χ3n) is 9.07. The van der Waals surface area contributed by atoms with E-state index in [1.54, 1.807) is 11.3 Å². The standard InChI is InChI=1S/C45H26N4OS/c1-3-12-27(13-4-1)30-18-11-20-38-42(30)33-23-22-29(24-39(33)50-38)44-46-43(28-14-5-2-6-15-28)47-45(48-44)49-36-19-9-7-16-31(36)34-25-35-32-17-8-10-21-40(32)51-41(35)26-37(34)49/h1-26H/i1D,3D,4D,11D,12D,13D,18D,20D,22D,23D,24D. The van der Waals surface area contributed by atoms with E-state index in [0.717, 1.165) is 42.0 Å². The fourth-order valence-corrected chi connectivity index (χ4v) is 7.94. The molecule has 4 heterocycles. The molecule has 4 aromatic heterocycles. The zero-order valence-corrected chi connectivity index (χ0v) is 27.1. The van der Waals surface area contributed by atoms with Crippen LogP contribution in [0, 0.1) is 0 Å². The Morgan fingerprint density at radius 2 is 1.31 bits per heavy atom. The van der Waals surface area contributed by atoms with Crippen molar-refractivity contribution in [3.05, 3.63) is 157 Å². The first-order valence-electron chi connectivity index (χ1n) is 21.5. The summed E-state index contributed by atoms with van der Waals surface area (Å²) in [7, 11) is 0. The van der Waals surface area contributed by atoms with Crippen molar-refractivity contribution in [2.24, 2.45) is 0 Å². The lowest BCUT2D eigenvalue weighted by atomic mass is 9.99. The van der Waals surface area contributed by atoms with E-state index in [2.05, 4.69) is 24.3 Å². The molecule has 5 nitrogen and oxygen atoms in total. The molecule has 0 bridgehead atoms. The van der Waals surface area contributed by atoms with Crippen molar-refractivity contribution in [3.63, 3.8) is 0 Å². The van der Waals surface area contributed by atoms with E-state index >= 15 is 0 Å². The smallest absolute Gasteiger partial charge is 0.238 e. The average molecular weight is 682 g/mol. The Balaban J connectivity index is 1.23. The Hall–Kier alpha value is -6.63. The van der Waals surface area contributed by atoms with E-state index in [9.17, 15) is 4.11 Å². The fourth-order valence-electron chi connectivity index (χ4n) is 6.82. The first kappa shape index (κ1) is 19.5. The van der Waals surface area contributed by atoms with Crippen LogP contribution in [0.25, 0.3) is 104 Å². The lowest BCUT2D eigenvalue weighted by molar-refractivity contribution is 0.669. The van der Waals surface area contributed by atoms with Crippen LogP contribution in [0.3, 0.4) is 0 Å². The summed E-state index contributed by atoms with van der Waals surface area (Å²) >= 11 is 1.67. The molecule has 11 aromatic rings. The summed E-state index contributed by atoms with van der Waals surface area (Å²) in [6, 6.07) is 22.9. The molecule has 0 spiro atoms. The van der Waals surface area contributed by atoms with Gasteiger partial charge in [-0.15, -0.1) is 11.3 Å². The van der Waals surface area contributed by atoms with Crippen LogP contribution in [0.1, 0.15) is 15.1 Å².